The molecule has 0 spiro atoms. The number of amides is 3. The molecule has 2 atom stereocenters. The van der Waals surface area contributed by atoms with E-state index >= 15 is 0 Å². The van der Waals surface area contributed by atoms with Crippen molar-refractivity contribution < 1.29 is 29.0 Å². The van der Waals surface area contributed by atoms with E-state index in [0.717, 1.165) is 43.2 Å². The molecule has 3 amide bonds. The second-order valence-corrected chi connectivity index (χ2v) is 12.9. The highest BCUT2D eigenvalue weighted by Gasteiger charge is 2.37. The maximum Gasteiger partial charge on any atom is 0.309 e. The summed E-state index contributed by atoms with van der Waals surface area (Å²) in [5, 5.41) is 12.3. The van der Waals surface area contributed by atoms with E-state index in [2.05, 4.69) is 11.4 Å². The van der Waals surface area contributed by atoms with E-state index in [-0.39, 0.29) is 47.4 Å². The summed E-state index contributed by atoms with van der Waals surface area (Å²) in [6, 6.07) is 6.14. The molecule has 0 aromatic heterocycles. The number of benzene rings is 1. The van der Waals surface area contributed by atoms with Gasteiger partial charge >= 0.3 is 5.97 Å². The zero-order chi connectivity index (χ0) is 29.1. The Kier molecular flexibility index (Phi) is 9.32. The van der Waals surface area contributed by atoms with Crippen molar-refractivity contribution in [1.82, 2.24) is 15.1 Å². The molecular formula is C32H45N3O6. The Balaban J connectivity index is 1.08. The second-order valence-electron chi connectivity index (χ2n) is 12.9. The fourth-order valence-electron chi connectivity index (χ4n) is 6.89. The van der Waals surface area contributed by atoms with E-state index in [4.69, 9.17) is 4.74 Å². The molecule has 3 fully saturated rings. The number of carbonyl (C=O) groups is 4. The van der Waals surface area contributed by atoms with Crippen molar-refractivity contribution in [1.29, 1.82) is 0 Å². The van der Waals surface area contributed by atoms with Gasteiger partial charge in [0.2, 0.25) is 17.7 Å². The van der Waals surface area contributed by atoms with Gasteiger partial charge in [-0.1, -0.05) is 32.0 Å². The van der Waals surface area contributed by atoms with Crippen molar-refractivity contribution >= 4 is 23.7 Å². The molecule has 3 heterocycles. The first-order chi connectivity index (χ1) is 19.7. The van der Waals surface area contributed by atoms with Crippen LogP contribution in [0.2, 0.25) is 0 Å². The minimum absolute atomic E-state index is 0.0397. The standard InChI is InChI=1S/C32H45N3O6/c1-20(2)19-41-32(40)23-11-14-34(15-12-23)30(38)21-3-5-22(6-4-21)31(39)35-16-13-24-17-25(7-8-26(24)18-35)27-9-10-28(36)33-29(27)37/h7-8,17,20-23,27-28,36H,3-6,9-16,18-19H2,1-2H3,(H,33,37). The average Bonchev–Trinajstić information content (AvgIpc) is 2.99. The molecule has 2 unspecified atom stereocenters. The van der Waals surface area contributed by atoms with Gasteiger partial charge in [-0.3, -0.25) is 19.2 Å². The molecule has 2 N–H and O–H groups in total. The van der Waals surface area contributed by atoms with Crippen LogP contribution >= 0.6 is 0 Å². The van der Waals surface area contributed by atoms with Crippen LogP contribution in [0.4, 0.5) is 0 Å². The molecule has 224 valence electrons. The van der Waals surface area contributed by atoms with Crippen molar-refractivity contribution in [2.75, 3.05) is 26.2 Å². The fraction of sp³-hybridized carbons (Fsp3) is 0.688. The highest BCUT2D eigenvalue weighted by Crippen LogP contribution is 2.34. The van der Waals surface area contributed by atoms with Crippen LogP contribution in [-0.2, 0) is 36.9 Å². The number of carbonyl (C=O) groups excluding carboxylic acids is 4. The van der Waals surface area contributed by atoms with Crippen LogP contribution in [0.1, 0.15) is 87.8 Å². The number of hydrogen-bond acceptors (Lipinski definition) is 6. The molecule has 5 rings (SSSR count). The van der Waals surface area contributed by atoms with Crippen LogP contribution in [0.3, 0.4) is 0 Å². The van der Waals surface area contributed by atoms with Crippen LogP contribution in [0.5, 0.6) is 0 Å². The zero-order valence-corrected chi connectivity index (χ0v) is 24.5. The van der Waals surface area contributed by atoms with Gasteiger partial charge in [-0.25, -0.2) is 0 Å². The number of aliphatic hydroxyl groups excluding tert-OH is 1. The number of aliphatic hydroxyl groups is 1. The molecule has 1 aromatic rings. The number of hydrogen-bond donors (Lipinski definition) is 2. The lowest BCUT2D eigenvalue weighted by Crippen LogP contribution is -2.45. The largest absolute Gasteiger partial charge is 0.465 e. The molecule has 0 radical (unpaired) electrons. The van der Waals surface area contributed by atoms with Crippen molar-refractivity contribution in [3.63, 3.8) is 0 Å². The van der Waals surface area contributed by atoms with E-state index < -0.39 is 6.23 Å². The summed E-state index contributed by atoms with van der Waals surface area (Å²) < 4.78 is 5.40. The van der Waals surface area contributed by atoms with Crippen LogP contribution in [-0.4, -0.2) is 71.1 Å². The van der Waals surface area contributed by atoms with E-state index in [1.54, 1.807) is 0 Å². The summed E-state index contributed by atoms with van der Waals surface area (Å²) in [6.45, 7) is 6.93. The van der Waals surface area contributed by atoms with E-state index in [0.29, 0.717) is 64.4 Å². The van der Waals surface area contributed by atoms with Gasteiger partial charge in [-0.2, -0.15) is 0 Å². The van der Waals surface area contributed by atoms with Crippen molar-refractivity contribution in [3.8, 4) is 0 Å². The maximum absolute atomic E-state index is 13.4. The Bertz CT molecular complexity index is 1140. The highest BCUT2D eigenvalue weighted by atomic mass is 16.5. The van der Waals surface area contributed by atoms with E-state index in [1.165, 1.54) is 5.56 Å². The molecule has 9 nitrogen and oxygen atoms in total. The third kappa shape index (κ3) is 6.93. The molecule has 2 saturated heterocycles. The lowest BCUT2D eigenvalue weighted by atomic mass is 9.80. The van der Waals surface area contributed by atoms with E-state index in [9.17, 15) is 24.3 Å². The summed E-state index contributed by atoms with van der Waals surface area (Å²) in [5.41, 5.74) is 3.30. The normalized spacial score (nSPS) is 27.3. The number of fused-ring (bicyclic) bond motifs is 1. The topological polar surface area (TPSA) is 116 Å². The quantitative estimate of drug-likeness (QED) is 0.511. The van der Waals surface area contributed by atoms with Gasteiger partial charge < -0.3 is 25.0 Å². The first kappa shape index (κ1) is 29.5. The summed E-state index contributed by atoms with van der Waals surface area (Å²) in [6.07, 6.45) is 5.45. The fourth-order valence-corrected chi connectivity index (χ4v) is 6.89. The first-order valence-corrected chi connectivity index (χ1v) is 15.5. The third-order valence-electron chi connectivity index (χ3n) is 9.44. The molecule has 1 aromatic carbocycles. The predicted octanol–water partition coefficient (Wildman–Crippen LogP) is 3.13. The number of nitrogens with zero attached hydrogens (tertiary/aromatic N) is 2. The maximum atomic E-state index is 13.4. The Morgan fingerprint density at radius 3 is 2.17 bits per heavy atom. The smallest absolute Gasteiger partial charge is 0.309 e. The number of likely N-dealkylation sites (tertiary alicyclic amines) is 1. The summed E-state index contributed by atoms with van der Waals surface area (Å²) in [7, 11) is 0. The van der Waals surface area contributed by atoms with Crippen LogP contribution in [0, 0.1) is 23.7 Å². The summed E-state index contributed by atoms with van der Waals surface area (Å²) >= 11 is 0. The number of nitrogens with one attached hydrogen (secondary N) is 1. The monoisotopic (exact) mass is 567 g/mol. The first-order valence-electron chi connectivity index (χ1n) is 15.5. The molecule has 4 aliphatic rings. The van der Waals surface area contributed by atoms with Crippen molar-refractivity contribution in [2.45, 2.75) is 90.3 Å². The predicted molar refractivity (Wildman–Crippen MR) is 152 cm³/mol. The van der Waals surface area contributed by atoms with Crippen molar-refractivity contribution in [3.05, 3.63) is 34.9 Å². The van der Waals surface area contributed by atoms with Gasteiger partial charge in [0.05, 0.1) is 18.4 Å². The Labute approximate surface area is 243 Å². The summed E-state index contributed by atoms with van der Waals surface area (Å²) in [5.74, 6) is -0.0241. The summed E-state index contributed by atoms with van der Waals surface area (Å²) in [4.78, 5) is 55.2. The van der Waals surface area contributed by atoms with E-state index in [1.807, 2.05) is 35.8 Å². The number of rotatable bonds is 6. The van der Waals surface area contributed by atoms with Crippen LogP contribution in [0.15, 0.2) is 18.2 Å². The van der Waals surface area contributed by atoms with Crippen LogP contribution in [0.25, 0.3) is 0 Å². The number of piperidine rings is 2. The van der Waals surface area contributed by atoms with Gasteiger partial charge in [0.15, 0.2) is 0 Å². The lowest BCUT2D eigenvalue weighted by Gasteiger charge is -2.37. The minimum atomic E-state index is -0.756. The van der Waals surface area contributed by atoms with Gasteiger partial charge in [0, 0.05) is 38.0 Å². The third-order valence-corrected chi connectivity index (χ3v) is 9.44. The van der Waals surface area contributed by atoms with Gasteiger partial charge in [0.25, 0.3) is 0 Å². The minimum Gasteiger partial charge on any atom is -0.465 e. The molecule has 3 aliphatic heterocycles. The lowest BCUT2D eigenvalue weighted by molar-refractivity contribution is -0.153. The molecular weight excluding hydrogens is 522 g/mol. The van der Waals surface area contributed by atoms with Crippen LogP contribution < -0.4 is 5.32 Å². The molecule has 1 saturated carbocycles. The average molecular weight is 568 g/mol. The Morgan fingerprint density at radius 1 is 0.878 bits per heavy atom. The molecule has 9 heteroatoms. The Morgan fingerprint density at radius 2 is 1.54 bits per heavy atom. The van der Waals surface area contributed by atoms with Crippen molar-refractivity contribution in [2.24, 2.45) is 23.7 Å². The molecule has 1 aliphatic carbocycles. The highest BCUT2D eigenvalue weighted by molar-refractivity contribution is 5.85. The number of esters is 1. The second kappa shape index (κ2) is 12.9. The SMILES string of the molecule is CC(C)COC(=O)C1CCN(C(=O)C2CCC(C(=O)N3CCc4cc(C5CCC(O)NC5=O)ccc4C3)CC2)CC1. The zero-order valence-electron chi connectivity index (χ0n) is 24.5. The van der Waals surface area contributed by atoms with Gasteiger partial charge in [0.1, 0.15) is 6.23 Å². The van der Waals surface area contributed by atoms with Gasteiger partial charge in [-0.15, -0.1) is 0 Å². The molecule has 0 bridgehead atoms. The molecule has 41 heavy (non-hydrogen) atoms. The Hall–Kier alpha value is -2.94. The number of ether oxygens (including phenoxy) is 1. The van der Waals surface area contributed by atoms with Gasteiger partial charge in [-0.05, 0) is 80.4 Å².